The Labute approximate surface area is 641 Å². The smallest absolute Gasteiger partial charge is 0.414 e. The van der Waals surface area contributed by atoms with E-state index in [9.17, 15) is 53.1 Å². The highest BCUT2D eigenvalue weighted by Crippen LogP contribution is 2.43. The summed E-state index contributed by atoms with van der Waals surface area (Å²) in [5, 5.41) is 34.5. The van der Waals surface area contributed by atoms with Crippen molar-refractivity contribution in [3.8, 4) is 0 Å². The molecule has 5 unspecified atom stereocenters. The van der Waals surface area contributed by atoms with E-state index in [2.05, 4.69) is 70.9 Å². The number of carboxylic acids is 1. The largest absolute Gasteiger partial charge is 1.00 e. The van der Waals surface area contributed by atoms with Crippen molar-refractivity contribution in [3.63, 3.8) is 0 Å². The van der Waals surface area contributed by atoms with Crippen LogP contribution in [0.1, 0.15) is 67.0 Å². The highest BCUT2D eigenvalue weighted by Gasteiger charge is 2.56. The maximum absolute atomic E-state index is 13.8. The first-order chi connectivity index (χ1) is 49.0. The van der Waals surface area contributed by atoms with E-state index in [1.54, 1.807) is 117 Å². The first-order valence-electron chi connectivity index (χ1n) is 31.5. The van der Waals surface area contributed by atoms with Gasteiger partial charge in [-0.1, -0.05) is 10.3 Å². The molecule has 46 heteroatoms. The van der Waals surface area contributed by atoms with E-state index in [1.165, 1.54) is 41.1 Å². The maximum atomic E-state index is 13.8. The zero-order valence-corrected chi connectivity index (χ0v) is 64.9. The first kappa shape index (κ1) is 83.3. The molecule has 10 heterocycles. The molecule has 5 atom stereocenters. The van der Waals surface area contributed by atoms with Gasteiger partial charge in [0, 0.05) is 79.9 Å². The van der Waals surface area contributed by atoms with E-state index in [-0.39, 0.29) is 157 Å². The molecule has 4 aliphatic rings. The number of nitrogens with one attached hydrogen (secondary N) is 6. The molecule has 8 amide bonds. The Hall–Kier alpha value is -8.95. The fourth-order valence-electron chi connectivity index (χ4n) is 10.3. The predicted molar refractivity (Wildman–Crippen MR) is 381 cm³/mol. The number of ether oxygens (including phenoxy) is 2. The van der Waals surface area contributed by atoms with E-state index in [1.807, 2.05) is 0 Å². The van der Waals surface area contributed by atoms with Gasteiger partial charge in [0.1, 0.15) is 90.2 Å². The summed E-state index contributed by atoms with van der Waals surface area (Å²) in [5.41, 5.74) is 12.1. The van der Waals surface area contributed by atoms with Gasteiger partial charge in [0.15, 0.2) is 12.7 Å². The quantitative estimate of drug-likeness (QED) is 0.00356. The second kappa shape index (κ2) is 36.9. The zero-order chi connectivity index (χ0) is 74.6. The number of nitrogen functional groups attached to an aromatic ring is 1. The molecule has 2 fully saturated rings. The third-order valence-electron chi connectivity index (χ3n) is 14.4. The Balaban J connectivity index is 0.000000303. The average molecular weight is 1680 g/mol. The number of aliphatic carboxylic acids is 1. The molecular formula is C59H74BClIN22O16PS4. The van der Waals surface area contributed by atoms with Crippen molar-refractivity contribution in [1.82, 2.24) is 74.2 Å². The number of hydrogen-bond donors (Lipinski definition) is 8. The van der Waals surface area contributed by atoms with Crippen LogP contribution < -0.4 is 81.6 Å². The minimum absolute atomic E-state index is 0. The molecule has 10 N–H and O–H groups in total. The molecule has 38 nitrogen and oxygen atoms in total. The minimum Gasteiger partial charge on any atom is -1.00 e. The first-order valence-corrected chi connectivity index (χ1v) is 37.0. The molecule has 0 saturated carbocycles. The molecule has 4 aliphatic heterocycles. The van der Waals surface area contributed by atoms with Crippen molar-refractivity contribution >= 4 is 178 Å². The van der Waals surface area contributed by atoms with Gasteiger partial charge in [-0.25, -0.2) is 23.5 Å². The number of β-lactam (4-membered cyclic amide) rings is 2. The van der Waals surface area contributed by atoms with Crippen LogP contribution in [0.2, 0.25) is 0 Å². The Morgan fingerprint density at radius 1 is 0.705 bits per heavy atom. The third-order valence-corrected chi connectivity index (χ3v) is 18.7. The van der Waals surface area contributed by atoms with E-state index in [0.717, 1.165) is 28.0 Å². The number of fused-ring (bicyclic) bond motifs is 4. The molecule has 0 bridgehead atoms. The number of oxime groups is 2. The molecule has 562 valence electrons. The number of anilines is 2. The number of hydrogen-bond acceptors (Lipinski definition) is 30. The number of amides is 8. The molecule has 10 rings (SSSR count). The zero-order valence-electron chi connectivity index (χ0n) is 57.8. The van der Waals surface area contributed by atoms with E-state index in [4.69, 9.17) is 42.7 Å². The summed E-state index contributed by atoms with van der Waals surface area (Å²) in [6.45, 7) is 16.7. The van der Waals surface area contributed by atoms with Gasteiger partial charge in [-0.05, 0) is 96.3 Å². The Morgan fingerprint density at radius 2 is 1.17 bits per heavy atom. The molecule has 105 heavy (non-hydrogen) atoms. The summed E-state index contributed by atoms with van der Waals surface area (Å²) in [6.07, 6.45) is 5.16. The molecule has 2 saturated heterocycles. The van der Waals surface area contributed by atoms with Gasteiger partial charge in [-0.2, -0.15) is 18.7 Å². The van der Waals surface area contributed by atoms with Gasteiger partial charge in [-0.3, -0.25) is 53.0 Å². The van der Waals surface area contributed by atoms with Gasteiger partial charge >= 0.3 is 29.5 Å². The number of aromatic nitrogens is 10. The van der Waals surface area contributed by atoms with Gasteiger partial charge in [-0.15, -0.1) is 35.9 Å². The Morgan fingerprint density at radius 3 is 1.64 bits per heavy atom. The van der Waals surface area contributed by atoms with Crippen LogP contribution in [0.5, 0.6) is 0 Å². The van der Waals surface area contributed by atoms with E-state index in [0.29, 0.717) is 46.6 Å². The molecule has 0 aliphatic carbocycles. The van der Waals surface area contributed by atoms with Crippen LogP contribution in [0.15, 0.2) is 82.2 Å². The summed E-state index contributed by atoms with van der Waals surface area (Å²) >= 11 is 4.26. The number of imidazole rings is 2. The molecule has 2 radical (unpaired) electrons. The second-order valence-electron chi connectivity index (χ2n) is 24.4. The number of alkyl carbamates (subject to hydrolysis) is 1. The number of carbonyl (C=O) groups is 10. The van der Waals surface area contributed by atoms with Crippen molar-refractivity contribution in [2.75, 3.05) is 68.6 Å². The normalized spacial score (nSPS) is 17.4. The lowest BCUT2D eigenvalue weighted by atomic mass is 10.0. The van der Waals surface area contributed by atoms with Crippen LogP contribution in [0.4, 0.5) is 19.9 Å². The van der Waals surface area contributed by atoms with Crippen LogP contribution >= 0.6 is 67.0 Å². The van der Waals surface area contributed by atoms with E-state index < -0.39 is 89.8 Å². The lowest BCUT2D eigenvalue weighted by Crippen LogP contribution is -3.00. The third kappa shape index (κ3) is 21.0. The van der Waals surface area contributed by atoms with Crippen molar-refractivity contribution < 1.29 is 110 Å². The van der Waals surface area contributed by atoms with Crippen molar-refractivity contribution in [1.29, 1.82) is 0 Å². The SMILES string of the molecule is CCO/N=C(\C(=O)NC1C(=O)N2C(C(=O)[O-])=C(C[n+]3cccc4c3ncn4CC(=O)NCCN)CSC12)c1nsc(N)n1.Cl.[B]P(C)OC(=O)C1=C(C[n+]2cccc3c2ncn3CC(=O)NCCNC(=O)OC(C)(C)C)CSC2C(NC(=O)/C(=N\OCC)c3nsc(NC(=O)OC(C)(C)C)n3)C(=O)N12.[I-]. The number of rotatable bonds is 27. The Kier molecular flexibility index (Phi) is 29.2. The van der Waals surface area contributed by atoms with Crippen LogP contribution in [-0.2, 0) is 88.2 Å². The monoisotopic (exact) mass is 1680 g/mol. The topological polar surface area (TPSA) is 490 Å². The van der Waals surface area contributed by atoms with Crippen LogP contribution in [0.25, 0.3) is 22.3 Å². The average Bonchev–Trinajstić information content (AvgIpc) is 1.62. The van der Waals surface area contributed by atoms with Gasteiger partial charge < -0.3 is 95.6 Å². The number of thioether (sulfide) groups is 2. The lowest BCUT2D eigenvalue weighted by Gasteiger charge is -2.50. The predicted octanol–water partition coefficient (Wildman–Crippen LogP) is -3.99. The maximum Gasteiger partial charge on any atom is 0.414 e. The lowest BCUT2D eigenvalue weighted by molar-refractivity contribution is -0.665. The van der Waals surface area contributed by atoms with Crippen molar-refractivity contribution in [3.05, 3.63) is 83.5 Å². The van der Waals surface area contributed by atoms with Gasteiger partial charge in [0.05, 0.1) is 24.1 Å². The number of carbonyl (C=O) groups excluding carboxylic acids is 10. The summed E-state index contributed by atoms with van der Waals surface area (Å²) in [5.74, 6) is -5.39. The fourth-order valence-corrected chi connectivity index (χ4v) is 14.3. The molecular weight excluding hydrogens is 1610 g/mol. The van der Waals surface area contributed by atoms with Crippen LogP contribution in [0, 0.1) is 0 Å². The van der Waals surface area contributed by atoms with E-state index >= 15 is 0 Å². The number of nitrogens with two attached hydrogens (primary N) is 2. The van der Waals surface area contributed by atoms with Crippen LogP contribution in [-0.4, -0.2) is 218 Å². The molecule has 6 aromatic heterocycles. The highest BCUT2D eigenvalue weighted by molar-refractivity contribution is 8.00. The second-order valence-corrected chi connectivity index (χ2v) is 29.4. The minimum atomic E-state index is -1.65. The van der Waals surface area contributed by atoms with Crippen LogP contribution in [0.3, 0.4) is 0 Å². The van der Waals surface area contributed by atoms with Gasteiger partial charge in [0.25, 0.3) is 23.6 Å². The number of nitrogens with zero attached hydrogens (tertiary/aromatic N) is 14. The fraction of sp³-hybridized carbons (Fsp3) is 0.458. The summed E-state index contributed by atoms with van der Waals surface area (Å²) in [4.78, 5) is 158. The summed E-state index contributed by atoms with van der Waals surface area (Å²) < 4.78 is 30.8. The summed E-state index contributed by atoms with van der Waals surface area (Å²) in [6, 6.07) is 4.99. The Bertz CT molecular complexity index is 4410. The molecule has 0 spiro atoms. The highest BCUT2D eigenvalue weighted by atomic mass is 127. The van der Waals surface area contributed by atoms with Crippen molar-refractivity contribution in [2.24, 2.45) is 16.0 Å². The summed E-state index contributed by atoms with van der Waals surface area (Å²) in [7, 11) is 4.24. The van der Waals surface area contributed by atoms with Crippen molar-refractivity contribution in [2.45, 2.75) is 116 Å². The van der Waals surface area contributed by atoms with Gasteiger partial charge in [0.2, 0.25) is 52.7 Å². The number of carboxylic acid groups (broad SMARTS) is 1. The molecule has 0 aromatic carbocycles. The molecule has 6 aromatic rings. The number of pyridine rings is 2. The standard InChI is InChI=1S/C35H45BN11O10PS2.C24H27N11O6S2.ClH.HI/c1-9-54-43-22(25-41-31(60-44-25)42-33(53)56-35(5,6)7)27(49)40-23-28(50)47-24(30(51)57-58(8)36)19(17-59-29(23)47)15-45-14-10-11-20-26(45)39-18-46(20)16-21(48)37-12-13-38-32(52)55-34(2,3)4;1-2-41-31-15(18-30-24(26)43-32-18)20(37)29-16-21(38)35-17(23(39)40)12(10-42-22(16)35)8-33-7-3-4-13-19(33)28-11-34(13)9-14(36)27-6-5-25;;/h10-11,14,18,23,29H,9,12-13,15-17H2,1-8H3,(H3-,37,38,40,41,42,44,48,49,52,53);3-4,7,11,16,22H,2,5-6,8-10,25H2,1H3,(H4-,26,27,29,30,32,36,37,39,40);2*1H/b43-22-;31-15-;;. The number of halogens is 2.